The van der Waals surface area contributed by atoms with Crippen molar-refractivity contribution in [2.75, 3.05) is 6.61 Å². The minimum Gasteiger partial charge on any atom is -0.508 e. The Kier molecular flexibility index (Phi) is 6.24. The lowest BCUT2D eigenvalue weighted by molar-refractivity contribution is -0.139. The number of phenolic OH excluding ortho intramolecular Hbond substituents is 1. The van der Waals surface area contributed by atoms with Gasteiger partial charge in [-0.05, 0) is 60.1 Å². The van der Waals surface area contributed by atoms with Gasteiger partial charge in [0.1, 0.15) is 11.5 Å². The zero-order valence-electron chi connectivity index (χ0n) is 14.1. The van der Waals surface area contributed by atoms with Crippen molar-refractivity contribution in [3.05, 3.63) is 59.7 Å². The second-order valence-electron chi connectivity index (χ2n) is 6.08. The van der Waals surface area contributed by atoms with Gasteiger partial charge < -0.3 is 14.9 Å². The van der Waals surface area contributed by atoms with Gasteiger partial charge in [0.05, 0.1) is 0 Å². The van der Waals surface area contributed by atoms with E-state index in [-0.39, 0.29) is 6.61 Å². The Labute approximate surface area is 142 Å². The molecule has 2 atom stereocenters. The highest BCUT2D eigenvalue weighted by molar-refractivity contribution is 5.68. The number of hydrogen-bond donors (Lipinski definition) is 2. The SMILES string of the molecule is CCC(CC(C)c1ccc(OCC(=O)O)cc1)c1ccc(O)cc1. The summed E-state index contributed by atoms with van der Waals surface area (Å²) in [6, 6.07) is 15.1. The van der Waals surface area contributed by atoms with Gasteiger partial charge in [-0.1, -0.05) is 38.1 Å². The number of ether oxygens (including phenoxy) is 1. The standard InChI is InChI=1S/C20H24O4/c1-3-15(17-4-8-18(21)9-5-17)12-14(2)16-6-10-19(11-7-16)24-13-20(22)23/h4-11,14-15,21H,3,12-13H2,1-2H3,(H,22,23). The largest absolute Gasteiger partial charge is 0.508 e. The van der Waals surface area contributed by atoms with Crippen LogP contribution in [-0.4, -0.2) is 22.8 Å². The van der Waals surface area contributed by atoms with Gasteiger partial charge in [-0.15, -0.1) is 0 Å². The third-order valence-electron chi connectivity index (χ3n) is 4.31. The molecule has 4 heteroatoms. The van der Waals surface area contributed by atoms with Crippen LogP contribution in [0.5, 0.6) is 11.5 Å². The number of aromatic hydroxyl groups is 1. The lowest BCUT2D eigenvalue weighted by atomic mass is 9.84. The summed E-state index contributed by atoms with van der Waals surface area (Å²) in [5.41, 5.74) is 2.44. The molecule has 0 aliphatic heterocycles. The zero-order valence-corrected chi connectivity index (χ0v) is 14.1. The lowest BCUT2D eigenvalue weighted by Crippen LogP contribution is -2.09. The van der Waals surface area contributed by atoms with Crippen molar-refractivity contribution >= 4 is 5.97 Å². The molecule has 2 rings (SSSR count). The number of carbonyl (C=O) groups is 1. The topological polar surface area (TPSA) is 66.8 Å². The van der Waals surface area contributed by atoms with E-state index in [9.17, 15) is 9.90 Å². The maximum Gasteiger partial charge on any atom is 0.341 e. The minimum absolute atomic E-state index is 0.290. The average molecular weight is 328 g/mol. The molecular weight excluding hydrogens is 304 g/mol. The van der Waals surface area contributed by atoms with E-state index in [1.165, 1.54) is 11.1 Å². The second-order valence-corrected chi connectivity index (χ2v) is 6.08. The van der Waals surface area contributed by atoms with Crippen molar-refractivity contribution in [2.24, 2.45) is 0 Å². The van der Waals surface area contributed by atoms with E-state index in [1.54, 1.807) is 12.1 Å². The molecule has 2 aromatic rings. The first-order valence-electron chi connectivity index (χ1n) is 8.23. The predicted molar refractivity (Wildman–Crippen MR) is 93.7 cm³/mol. The summed E-state index contributed by atoms with van der Waals surface area (Å²) in [4.78, 5) is 10.5. The first kappa shape index (κ1) is 17.9. The fourth-order valence-electron chi connectivity index (χ4n) is 2.89. The molecule has 0 bridgehead atoms. The molecule has 0 fully saturated rings. The molecule has 0 amide bonds. The van der Waals surface area contributed by atoms with Gasteiger partial charge in [0.2, 0.25) is 0 Å². The summed E-state index contributed by atoms with van der Waals surface area (Å²) >= 11 is 0. The summed E-state index contributed by atoms with van der Waals surface area (Å²) in [6.07, 6.45) is 2.05. The first-order valence-corrected chi connectivity index (χ1v) is 8.23. The number of rotatable bonds is 8. The molecule has 0 aromatic heterocycles. The van der Waals surface area contributed by atoms with Crippen molar-refractivity contribution in [1.29, 1.82) is 0 Å². The summed E-state index contributed by atoms with van der Waals surface area (Å²) in [5, 5.41) is 18.1. The summed E-state index contributed by atoms with van der Waals surface area (Å²) in [6.45, 7) is 4.04. The highest BCUT2D eigenvalue weighted by Crippen LogP contribution is 2.33. The Bertz CT molecular complexity index is 646. The van der Waals surface area contributed by atoms with Gasteiger partial charge in [0.25, 0.3) is 0 Å². The van der Waals surface area contributed by atoms with Crippen molar-refractivity contribution in [1.82, 2.24) is 0 Å². The highest BCUT2D eigenvalue weighted by Gasteiger charge is 2.15. The Hall–Kier alpha value is -2.49. The number of benzene rings is 2. The molecule has 0 aliphatic rings. The van der Waals surface area contributed by atoms with E-state index in [1.807, 2.05) is 36.4 Å². The molecule has 0 aliphatic carbocycles. The lowest BCUT2D eigenvalue weighted by Gasteiger charge is -2.21. The molecule has 24 heavy (non-hydrogen) atoms. The van der Waals surface area contributed by atoms with E-state index in [0.717, 1.165) is 12.8 Å². The Balaban J connectivity index is 2.00. The fourth-order valence-corrected chi connectivity index (χ4v) is 2.89. The molecule has 2 aromatic carbocycles. The van der Waals surface area contributed by atoms with Crippen LogP contribution in [0.25, 0.3) is 0 Å². The Morgan fingerprint density at radius 2 is 1.62 bits per heavy atom. The zero-order chi connectivity index (χ0) is 17.5. The van der Waals surface area contributed by atoms with Crippen LogP contribution < -0.4 is 4.74 Å². The maximum absolute atomic E-state index is 10.5. The van der Waals surface area contributed by atoms with E-state index < -0.39 is 5.97 Å². The third-order valence-corrected chi connectivity index (χ3v) is 4.31. The first-order chi connectivity index (χ1) is 11.5. The highest BCUT2D eigenvalue weighted by atomic mass is 16.5. The van der Waals surface area contributed by atoms with Crippen LogP contribution in [0.15, 0.2) is 48.5 Å². The van der Waals surface area contributed by atoms with E-state index in [4.69, 9.17) is 9.84 Å². The molecule has 2 unspecified atom stereocenters. The number of hydrogen-bond acceptors (Lipinski definition) is 3. The monoisotopic (exact) mass is 328 g/mol. The van der Waals surface area contributed by atoms with Gasteiger partial charge >= 0.3 is 5.97 Å². The second kappa shape index (κ2) is 8.39. The van der Waals surface area contributed by atoms with Crippen molar-refractivity contribution in [2.45, 2.75) is 38.5 Å². The molecule has 2 N–H and O–H groups in total. The van der Waals surface area contributed by atoms with Crippen LogP contribution in [0.3, 0.4) is 0 Å². The van der Waals surface area contributed by atoms with Crippen molar-refractivity contribution < 1.29 is 19.7 Å². The van der Waals surface area contributed by atoms with Crippen LogP contribution in [0, 0.1) is 0 Å². The van der Waals surface area contributed by atoms with Gasteiger partial charge in [0, 0.05) is 0 Å². The number of aliphatic carboxylic acids is 1. The van der Waals surface area contributed by atoms with Crippen LogP contribution >= 0.6 is 0 Å². The fraction of sp³-hybridized carbons (Fsp3) is 0.350. The van der Waals surface area contributed by atoms with Crippen molar-refractivity contribution in [3.8, 4) is 11.5 Å². The van der Waals surface area contributed by atoms with Gasteiger partial charge in [0.15, 0.2) is 6.61 Å². The quantitative estimate of drug-likeness (QED) is 0.746. The number of phenols is 1. The van der Waals surface area contributed by atoms with Gasteiger partial charge in [-0.2, -0.15) is 0 Å². The van der Waals surface area contributed by atoms with Crippen LogP contribution in [0.1, 0.15) is 49.7 Å². The molecule has 0 radical (unpaired) electrons. The summed E-state index contributed by atoms with van der Waals surface area (Å²) in [5.74, 6) is 0.686. The summed E-state index contributed by atoms with van der Waals surface area (Å²) in [7, 11) is 0. The van der Waals surface area contributed by atoms with Crippen LogP contribution in [0.2, 0.25) is 0 Å². The molecule has 0 saturated heterocycles. The average Bonchev–Trinajstić information content (AvgIpc) is 2.59. The molecule has 0 heterocycles. The number of carboxylic acid groups (broad SMARTS) is 1. The minimum atomic E-state index is -0.980. The summed E-state index contributed by atoms with van der Waals surface area (Å²) < 4.78 is 5.16. The van der Waals surface area contributed by atoms with E-state index in [2.05, 4.69) is 13.8 Å². The molecule has 4 nitrogen and oxygen atoms in total. The molecule has 128 valence electrons. The number of carboxylic acids is 1. The van der Waals surface area contributed by atoms with Crippen molar-refractivity contribution in [3.63, 3.8) is 0 Å². The van der Waals surface area contributed by atoms with E-state index >= 15 is 0 Å². The van der Waals surface area contributed by atoms with Gasteiger partial charge in [-0.3, -0.25) is 0 Å². The smallest absolute Gasteiger partial charge is 0.341 e. The Morgan fingerprint density at radius 1 is 1.04 bits per heavy atom. The third kappa shape index (κ3) is 5.01. The molecule has 0 saturated carbocycles. The Morgan fingerprint density at radius 3 is 2.17 bits per heavy atom. The predicted octanol–water partition coefficient (Wildman–Crippen LogP) is 4.54. The van der Waals surface area contributed by atoms with E-state index in [0.29, 0.717) is 23.3 Å². The maximum atomic E-state index is 10.5. The normalized spacial score (nSPS) is 13.2. The van der Waals surface area contributed by atoms with Crippen LogP contribution in [0.4, 0.5) is 0 Å². The molecule has 0 spiro atoms. The van der Waals surface area contributed by atoms with Crippen LogP contribution in [-0.2, 0) is 4.79 Å². The molecular formula is C20H24O4. The van der Waals surface area contributed by atoms with Gasteiger partial charge in [-0.25, -0.2) is 4.79 Å².